The predicted molar refractivity (Wildman–Crippen MR) is 94.8 cm³/mol. The molecule has 0 bridgehead atoms. The number of rotatable bonds is 4. The summed E-state index contributed by atoms with van der Waals surface area (Å²) in [6, 6.07) is 0. The van der Waals surface area contributed by atoms with Crippen molar-refractivity contribution in [2.45, 2.75) is 64.3 Å². The summed E-state index contributed by atoms with van der Waals surface area (Å²) >= 11 is 1.68. The number of thiazole rings is 1. The van der Waals surface area contributed by atoms with Crippen LogP contribution in [0.2, 0.25) is 0 Å². The van der Waals surface area contributed by atoms with Gasteiger partial charge in [0.05, 0.1) is 17.2 Å². The average molecular weight is 350 g/mol. The highest BCUT2D eigenvalue weighted by molar-refractivity contribution is 7.09. The Morgan fingerprint density at radius 2 is 1.92 bits per heavy atom. The topological polar surface area (TPSA) is 62.3 Å². The molecule has 1 aliphatic carbocycles. The molecule has 1 saturated carbocycles. The number of piperidine rings is 1. The fourth-order valence-electron chi connectivity index (χ4n) is 3.76. The van der Waals surface area contributed by atoms with Crippen molar-refractivity contribution >= 4 is 23.2 Å². The number of hydrogen-bond acceptors (Lipinski definition) is 4. The highest BCUT2D eigenvalue weighted by atomic mass is 32.1. The van der Waals surface area contributed by atoms with Gasteiger partial charge in [-0.15, -0.1) is 11.3 Å². The van der Waals surface area contributed by atoms with Gasteiger partial charge in [0.25, 0.3) is 0 Å². The second-order valence-corrected chi connectivity index (χ2v) is 7.91. The second-order valence-electron chi connectivity index (χ2n) is 7.02. The van der Waals surface area contributed by atoms with Crippen molar-refractivity contribution < 1.29 is 9.59 Å². The van der Waals surface area contributed by atoms with Crippen molar-refractivity contribution in [3.05, 3.63) is 16.1 Å². The number of amides is 2. The quantitative estimate of drug-likeness (QED) is 0.909. The molecule has 1 aromatic heterocycles. The van der Waals surface area contributed by atoms with Crippen LogP contribution < -0.4 is 5.32 Å². The molecule has 0 aromatic carbocycles. The Labute approximate surface area is 147 Å². The van der Waals surface area contributed by atoms with Crippen molar-refractivity contribution in [1.29, 1.82) is 0 Å². The second kappa shape index (κ2) is 8.10. The van der Waals surface area contributed by atoms with Gasteiger partial charge >= 0.3 is 0 Å². The van der Waals surface area contributed by atoms with E-state index in [-0.39, 0.29) is 11.8 Å². The molecule has 2 aliphatic rings. The Morgan fingerprint density at radius 3 is 2.58 bits per heavy atom. The molecule has 6 heteroatoms. The Kier molecular flexibility index (Phi) is 5.87. The van der Waals surface area contributed by atoms with Gasteiger partial charge in [-0.3, -0.25) is 9.59 Å². The molecule has 1 aromatic rings. The van der Waals surface area contributed by atoms with E-state index in [1.54, 1.807) is 11.3 Å². The van der Waals surface area contributed by atoms with Crippen LogP contribution in [-0.2, 0) is 16.1 Å². The maximum Gasteiger partial charge on any atom is 0.225 e. The molecule has 0 unspecified atom stereocenters. The van der Waals surface area contributed by atoms with E-state index in [1.165, 1.54) is 26.2 Å². The lowest BCUT2D eigenvalue weighted by molar-refractivity contribution is -0.137. The van der Waals surface area contributed by atoms with Crippen LogP contribution in [0.4, 0.5) is 0 Å². The summed E-state index contributed by atoms with van der Waals surface area (Å²) in [5.41, 5.74) is 0.936. The van der Waals surface area contributed by atoms with E-state index in [9.17, 15) is 9.59 Å². The molecule has 0 atom stereocenters. The smallest absolute Gasteiger partial charge is 0.225 e. The molecule has 132 valence electrons. The molecular formula is C18H27N3O2S. The molecule has 24 heavy (non-hydrogen) atoms. The van der Waals surface area contributed by atoms with E-state index >= 15 is 0 Å². The zero-order chi connectivity index (χ0) is 16.9. The number of hydrogen-bond donors (Lipinski definition) is 1. The summed E-state index contributed by atoms with van der Waals surface area (Å²) in [5, 5.41) is 5.97. The molecule has 1 saturated heterocycles. The largest absolute Gasteiger partial charge is 0.351 e. The number of likely N-dealkylation sites (tertiary alicyclic amines) is 1. The lowest BCUT2D eigenvalue weighted by Crippen LogP contribution is -2.41. The zero-order valence-electron chi connectivity index (χ0n) is 14.4. The number of aromatic nitrogens is 1. The van der Waals surface area contributed by atoms with E-state index in [0.717, 1.165) is 49.5 Å². The maximum absolute atomic E-state index is 12.6. The van der Waals surface area contributed by atoms with Crippen LogP contribution in [0.5, 0.6) is 0 Å². The van der Waals surface area contributed by atoms with Gasteiger partial charge in [0.2, 0.25) is 11.8 Å². The van der Waals surface area contributed by atoms with Crippen LogP contribution in [0.1, 0.15) is 68.5 Å². The van der Waals surface area contributed by atoms with Crippen LogP contribution in [0, 0.1) is 5.92 Å². The molecule has 0 radical (unpaired) electrons. The first kappa shape index (κ1) is 17.4. The average Bonchev–Trinajstić information content (AvgIpc) is 3.09. The fraction of sp³-hybridized carbons (Fsp3) is 0.722. The number of nitrogens with one attached hydrogen (secondary N) is 1. The molecule has 2 fully saturated rings. The van der Waals surface area contributed by atoms with Crippen molar-refractivity contribution in [2.24, 2.45) is 5.92 Å². The standard InChI is InChI=1S/C18H27N3O2S/c1-13(22)19-11-16-12-24-17(20-16)14-7-9-21(10-8-14)18(23)15-5-3-2-4-6-15/h12,14-15H,2-11H2,1H3,(H,19,22). The van der Waals surface area contributed by atoms with Gasteiger partial charge < -0.3 is 10.2 Å². The van der Waals surface area contributed by atoms with E-state index in [0.29, 0.717) is 18.4 Å². The van der Waals surface area contributed by atoms with Crippen molar-refractivity contribution in [3.63, 3.8) is 0 Å². The molecule has 5 nitrogen and oxygen atoms in total. The molecular weight excluding hydrogens is 322 g/mol. The Bertz CT molecular complexity index is 573. The van der Waals surface area contributed by atoms with Gasteiger partial charge in [0.1, 0.15) is 0 Å². The normalized spacial score (nSPS) is 20.1. The zero-order valence-corrected chi connectivity index (χ0v) is 15.2. The third-order valence-electron chi connectivity index (χ3n) is 5.20. The molecule has 2 heterocycles. The van der Waals surface area contributed by atoms with E-state index in [1.807, 2.05) is 5.38 Å². The highest BCUT2D eigenvalue weighted by Gasteiger charge is 2.30. The van der Waals surface area contributed by atoms with Crippen molar-refractivity contribution in [1.82, 2.24) is 15.2 Å². The van der Waals surface area contributed by atoms with Crippen LogP contribution in [0.3, 0.4) is 0 Å². The first-order valence-corrected chi connectivity index (χ1v) is 9.99. The van der Waals surface area contributed by atoms with Crippen LogP contribution >= 0.6 is 11.3 Å². The van der Waals surface area contributed by atoms with Gasteiger partial charge in [-0.2, -0.15) is 0 Å². The van der Waals surface area contributed by atoms with Crippen molar-refractivity contribution in [3.8, 4) is 0 Å². The predicted octanol–water partition coefficient (Wildman–Crippen LogP) is 3.07. The Hall–Kier alpha value is -1.43. The molecule has 1 N–H and O–H groups in total. The third kappa shape index (κ3) is 4.35. The summed E-state index contributed by atoms with van der Waals surface area (Å²) in [6.07, 6.45) is 7.88. The third-order valence-corrected chi connectivity index (χ3v) is 6.25. The van der Waals surface area contributed by atoms with Gasteiger partial charge in [0, 0.05) is 37.2 Å². The minimum Gasteiger partial charge on any atom is -0.351 e. The van der Waals surface area contributed by atoms with Crippen LogP contribution in [-0.4, -0.2) is 34.8 Å². The molecule has 0 spiro atoms. The van der Waals surface area contributed by atoms with Gasteiger partial charge in [-0.1, -0.05) is 19.3 Å². The summed E-state index contributed by atoms with van der Waals surface area (Å²) in [4.78, 5) is 30.4. The van der Waals surface area contributed by atoms with E-state index < -0.39 is 0 Å². The fourth-order valence-corrected chi connectivity index (χ4v) is 4.75. The lowest BCUT2D eigenvalue weighted by Gasteiger charge is -2.34. The first-order valence-electron chi connectivity index (χ1n) is 9.11. The molecule has 3 rings (SSSR count). The summed E-state index contributed by atoms with van der Waals surface area (Å²) in [7, 11) is 0. The van der Waals surface area contributed by atoms with Crippen molar-refractivity contribution in [2.75, 3.05) is 13.1 Å². The van der Waals surface area contributed by atoms with Gasteiger partial charge in [-0.25, -0.2) is 4.98 Å². The Morgan fingerprint density at radius 1 is 1.21 bits per heavy atom. The first-order chi connectivity index (χ1) is 11.6. The minimum absolute atomic E-state index is 0.0286. The number of carbonyl (C=O) groups excluding carboxylic acids is 2. The summed E-state index contributed by atoms with van der Waals surface area (Å²) in [5.74, 6) is 1.09. The maximum atomic E-state index is 12.6. The van der Waals surface area contributed by atoms with E-state index in [2.05, 4.69) is 15.2 Å². The van der Waals surface area contributed by atoms with Crippen LogP contribution in [0.25, 0.3) is 0 Å². The molecule has 1 aliphatic heterocycles. The highest BCUT2D eigenvalue weighted by Crippen LogP contribution is 2.32. The monoisotopic (exact) mass is 349 g/mol. The van der Waals surface area contributed by atoms with E-state index in [4.69, 9.17) is 0 Å². The van der Waals surface area contributed by atoms with Gasteiger partial charge in [0.15, 0.2) is 0 Å². The summed E-state index contributed by atoms with van der Waals surface area (Å²) in [6.45, 7) is 3.75. The minimum atomic E-state index is -0.0286. The molecule has 2 amide bonds. The Balaban J connectivity index is 1.49. The van der Waals surface area contributed by atoms with Crippen LogP contribution in [0.15, 0.2) is 5.38 Å². The number of carbonyl (C=O) groups is 2. The number of nitrogens with zero attached hydrogens (tertiary/aromatic N) is 2. The lowest BCUT2D eigenvalue weighted by atomic mass is 9.87. The SMILES string of the molecule is CC(=O)NCc1csc(C2CCN(C(=O)C3CCCCC3)CC2)n1. The summed E-state index contributed by atoms with van der Waals surface area (Å²) < 4.78 is 0. The van der Waals surface area contributed by atoms with Gasteiger partial charge in [-0.05, 0) is 25.7 Å².